The third-order valence-corrected chi connectivity index (χ3v) is 11.6. The zero-order valence-corrected chi connectivity index (χ0v) is 20.5. The first-order valence-corrected chi connectivity index (χ1v) is 12.6. The number of hydrogen-bond acceptors (Lipinski definition) is 2. The lowest BCUT2D eigenvalue weighted by Gasteiger charge is -2.69. The molecule has 31 heavy (non-hydrogen) atoms. The number of fused-ring (bicyclic) bond motifs is 7. The standard InChI is InChI=1S/C29H42O2/c1-18-7-8-20-11-15-28(5)21(25(20)19(18)2)9-10-23-26(3)14-13-24(31)27(4,17-30)22(26)12-16-29(23,28)6/h7-9,22-24,30-31H,10-17H2,1-6H3/t22-,23+,24+,26-,27+,28+,29+/m0/s1. The van der Waals surface area contributed by atoms with Crippen LogP contribution in [0.25, 0.3) is 5.57 Å². The molecule has 0 aromatic heterocycles. The summed E-state index contributed by atoms with van der Waals surface area (Å²) < 4.78 is 0. The molecule has 0 saturated heterocycles. The molecule has 0 bridgehead atoms. The number of benzene rings is 1. The van der Waals surface area contributed by atoms with Crippen LogP contribution < -0.4 is 0 Å². The minimum atomic E-state index is -0.377. The van der Waals surface area contributed by atoms with Gasteiger partial charge < -0.3 is 10.2 Å². The molecule has 4 aliphatic carbocycles. The zero-order valence-electron chi connectivity index (χ0n) is 20.5. The van der Waals surface area contributed by atoms with Gasteiger partial charge in [-0.05, 0) is 115 Å². The summed E-state index contributed by atoms with van der Waals surface area (Å²) in [6, 6.07) is 4.68. The Kier molecular flexibility index (Phi) is 4.69. The van der Waals surface area contributed by atoms with Crippen molar-refractivity contribution < 1.29 is 10.2 Å². The van der Waals surface area contributed by atoms with Gasteiger partial charge in [0, 0.05) is 5.41 Å². The Labute approximate surface area is 189 Å². The van der Waals surface area contributed by atoms with Crippen molar-refractivity contribution in [2.75, 3.05) is 6.61 Å². The lowest BCUT2D eigenvalue weighted by molar-refractivity contribution is -0.205. The predicted molar refractivity (Wildman–Crippen MR) is 128 cm³/mol. The first-order chi connectivity index (χ1) is 14.5. The van der Waals surface area contributed by atoms with Gasteiger partial charge in [0.15, 0.2) is 0 Å². The van der Waals surface area contributed by atoms with Crippen LogP contribution in [0.3, 0.4) is 0 Å². The van der Waals surface area contributed by atoms with E-state index in [1.807, 2.05) is 0 Å². The van der Waals surface area contributed by atoms with E-state index in [9.17, 15) is 10.2 Å². The fraction of sp³-hybridized carbons (Fsp3) is 0.724. The van der Waals surface area contributed by atoms with Crippen LogP contribution in [0.5, 0.6) is 0 Å². The molecular weight excluding hydrogens is 380 g/mol. The number of hydrogen-bond donors (Lipinski definition) is 2. The van der Waals surface area contributed by atoms with Crippen LogP contribution in [-0.2, 0) is 6.42 Å². The number of aryl methyl sites for hydroxylation is 2. The average molecular weight is 423 g/mol. The van der Waals surface area contributed by atoms with Gasteiger partial charge in [0.2, 0.25) is 0 Å². The molecule has 0 unspecified atom stereocenters. The molecule has 0 radical (unpaired) electrons. The molecule has 2 N–H and O–H groups in total. The smallest absolute Gasteiger partial charge is 0.0618 e. The molecule has 1 aromatic carbocycles. The lowest BCUT2D eigenvalue weighted by Crippen LogP contribution is -2.64. The Balaban J connectivity index is 1.64. The van der Waals surface area contributed by atoms with Gasteiger partial charge in [-0.3, -0.25) is 0 Å². The third-order valence-electron chi connectivity index (χ3n) is 11.6. The van der Waals surface area contributed by atoms with Gasteiger partial charge in [0.1, 0.15) is 0 Å². The minimum Gasteiger partial charge on any atom is -0.396 e. The van der Waals surface area contributed by atoms with Crippen molar-refractivity contribution in [3.8, 4) is 0 Å². The number of allylic oxidation sites excluding steroid dienone is 2. The number of aliphatic hydroxyl groups is 2. The molecule has 5 rings (SSSR count). The SMILES string of the molecule is Cc1ccc2c(c1C)C1=CC[C@@H]3[C@@]4(C)CC[C@@H](O)[C@](C)(CO)[C@H]4CC[C@@]3(C)[C@]1(C)CC2. The predicted octanol–water partition coefficient (Wildman–Crippen LogP) is 6.24. The molecule has 2 saturated carbocycles. The van der Waals surface area contributed by atoms with Crippen molar-refractivity contribution in [1.29, 1.82) is 0 Å². The van der Waals surface area contributed by atoms with Crippen LogP contribution in [0.15, 0.2) is 18.2 Å². The Morgan fingerprint density at radius 1 is 0.968 bits per heavy atom. The first kappa shape index (κ1) is 21.7. The molecule has 7 atom stereocenters. The summed E-state index contributed by atoms with van der Waals surface area (Å²) in [5.41, 5.74) is 7.87. The van der Waals surface area contributed by atoms with Gasteiger partial charge >= 0.3 is 0 Å². The van der Waals surface area contributed by atoms with Crippen LogP contribution >= 0.6 is 0 Å². The van der Waals surface area contributed by atoms with Gasteiger partial charge in [-0.15, -0.1) is 0 Å². The van der Waals surface area contributed by atoms with Crippen molar-refractivity contribution in [3.63, 3.8) is 0 Å². The summed E-state index contributed by atoms with van der Waals surface area (Å²) in [6.45, 7) is 14.5. The molecule has 2 nitrogen and oxygen atoms in total. The molecule has 0 spiro atoms. The van der Waals surface area contributed by atoms with Crippen LogP contribution in [0.2, 0.25) is 0 Å². The van der Waals surface area contributed by atoms with Crippen molar-refractivity contribution in [2.45, 2.75) is 92.6 Å². The summed E-state index contributed by atoms with van der Waals surface area (Å²) >= 11 is 0. The summed E-state index contributed by atoms with van der Waals surface area (Å²) in [4.78, 5) is 0. The Morgan fingerprint density at radius 2 is 1.71 bits per heavy atom. The molecular formula is C29H42O2. The van der Waals surface area contributed by atoms with Gasteiger partial charge in [-0.2, -0.15) is 0 Å². The molecule has 2 fully saturated rings. The first-order valence-electron chi connectivity index (χ1n) is 12.6. The molecule has 2 heteroatoms. The highest BCUT2D eigenvalue weighted by Crippen LogP contribution is 2.73. The largest absolute Gasteiger partial charge is 0.396 e. The van der Waals surface area contributed by atoms with Gasteiger partial charge in [0.25, 0.3) is 0 Å². The molecule has 170 valence electrons. The molecule has 1 aromatic rings. The zero-order chi connectivity index (χ0) is 22.4. The van der Waals surface area contributed by atoms with Gasteiger partial charge in [-0.1, -0.05) is 45.9 Å². The number of aliphatic hydroxyl groups excluding tert-OH is 2. The molecule has 0 aliphatic heterocycles. The van der Waals surface area contributed by atoms with E-state index in [4.69, 9.17) is 0 Å². The van der Waals surface area contributed by atoms with Crippen LogP contribution in [-0.4, -0.2) is 22.9 Å². The molecule has 0 amide bonds. The van der Waals surface area contributed by atoms with E-state index >= 15 is 0 Å². The number of rotatable bonds is 1. The quantitative estimate of drug-likeness (QED) is 0.563. The van der Waals surface area contributed by atoms with E-state index < -0.39 is 0 Å². The van der Waals surface area contributed by atoms with Crippen molar-refractivity contribution >= 4 is 5.57 Å². The van der Waals surface area contributed by atoms with E-state index in [-0.39, 0.29) is 34.4 Å². The van der Waals surface area contributed by atoms with Crippen LogP contribution in [0, 0.1) is 47.3 Å². The molecule has 0 heterocycles. The highest BCUT2D eigenvalue weighted by molar-refractivity contribution is 5.79. The van der Waals surface area contributed by atoms with Crippen molar-refractivity contribution in [2.24, 2.45) is 33.5 Å². The fourth-order valence-corrected chi connectivity index (χ4v) is 9.17. The summed E-state index contributed by atoms with van der Waals surface area (Å²) in [5.74, 6) is 1.00. The summed E-state index contributed by atoms with van der Waals surface area (Å²) in [5, 5.41) is 21.2. The Bertz CT molecular complexity index is 946. The van der Waals surface area contributed by atoms with E-state index in [2.05, 4.69) is 59.8 Å². The minimum absolute atomic E-state index is 0.0993. The highest BCUT2D eigenvalue weighted by atomic mass is 16.3. The Morgan fingerprint density at radius 3 is 2.42 bits per heavy atom. The normalized spacial score (nSPS) is 46.3. The van der Waals surface area contributed by atoms with Crippen molar-refractivity contribution in [1.82, 2.24) is 0 Å². The van der Waals surface area contributed by atoms with Gasteiger partial charge in [0.05, 0.1) is 12.7 Å². The van der Waals surface area contributed by atoms with E-state index in [0.717, 1.165) is 25.7 Å². The second-order valence-electron chi connectivity index (χ2n) is 12.5. The summed E-state index contributed by atoms with van der Waals surface area (Å²) in [6.07, 6.45) is 10.0. The maximum absolute atomic E-state index is 10.9. The van der Waals surface area contributed by atoms with Crippen LogP contribution in [0.1, 0.15) is 88.5 Å². The monoisotopic (exact) mass is 422 g/mol. The molecule has 4 aliphatic rings. The third kappa shape index (κ3) is 2.53. The average Bonchev–Trinajstić information content (AvgIpc) is 2.74. The van der Waals surface area contributed by atoms with E-state index in [1.54, 1.807) is 16.7 Å². The second-order valence-corrected chi connectivity index (χ2v) is 12.5. The highest BCUT2D eigenvalue weighted by Gasteiger charge is 2.66. The topological polar surface area (TPSA) is 40.5 Å². The maximum Gasteiger partial charge on any atom is 0.0618 e. The lowest BCUT2D eigenvalue weighted by atomic mass is 9.35. The fourth-order valence-electron chi connectivity index (χ4n) is 9.17. The van der Waals surface area contributed by atoms with Crippen LogP contribution in [0.4, 0.5) is 0 Å². The summed E-state index contributed by atoms with van der Waals surface area (Å²) in [7, 11) is 0. The van der Waals surface area contributed by atoms with Crippen molar-refractivity contribution in [3.05, 3.63) is 40.5 Å². The Hall–Kier alpha value is -1.12. The van der Waals surface area contributed by atoms with E-state index in [0.29, 0.717) is 11.8 Å². The van der Waals surface area contributed by atoms with E-state index in [1.165, 1.54) is 30.4 Å². The second kappa shape index (κ2) is 6.70. The maximum atomic E-state index is 10.9. The van der Waals surface area contributed by atoms with Gasteiger partial charge in [-0.25, -0.2) is 0 Å².